The second kappa shape index (κ2) is 4.58. The minimum Gasteiger partial charge on any atom is -0.295 e. The van der Waals surface area contributed by atoms with Gasteiger partial charge in [0.25, 0.3) is 0 Å². The molecular weight excluding hydrogens is 236 g/mol. The molecule has 0 spiro atoms. The molecule has 0 radical (unpaired) electrons. The van der Waals surface area contributed by atoms with E-state index in [4.69, 9.17) is 0 Å². The van der Waals surface area contributed by atoms with Crippen LogP contribution in [0.1, 0.15) is 19.4 Å². The SMILES string of the molecule is CC1(C)NCC(=O)N(CCc2ccsc2)C1=O. The van der Waals surface area contributed by atoms with Crippen molar-refractivity contribution in [1.29, 1.82) is 0 Å². The predicted molar refractivity (Wildman–Crippen MR) is 66.8 cm³/mol. The van der Waals surface area contributed by atoms with Crippen LogP contribution in [-0.2, 0) is 16.0 Å². The number of carbonyl (C=O) groups excluding carboxylic acids is 2. The summed E-state index contributed by atoms with van der Waals surface area (Å²) in [4.78, 5) is 25.1. The van der Waals surface area contributed by atoms with Crippen LogP contribution in [0.3, 0.4) is 0 Å². The molecular formula is C12H16N2O2S. The molecule has 1 aromatic rings. The number of thiophene rings is 1. The van der Waals surface area contributed by atoms with Gasteiger partial charge < -0.3 is 0 Å². The summed E-state index contributed by atoms with van der Waals surface area (Å²) in [6, 6.07) is 2.02. The number of nitrogens with zero attached hydrogens (tertiary/aromatic N) is 1. The number of amides is 2. The quantitative estimate of drug-likeness (QED) is 0.817. The number of nitrogens with one attached hydrogen (secondary N) is 1. The summed E-state index contributed by atoms with van der Waals surface area (Å²) in [5, 5.41) is 6.99. The molecule has 1 N–H and O–H groups in total. The van der Waals surface area contributed by atoms with Crippen LogP contribution < -0.4 is 5.32 Å². The van der Waals surface area contributed by atoms with E-state index in [0.29, 0.717) is 6.54 Å². The van der Waals surface area contributed by atoms with E-state index in [0.717, 1.165) is 6.42 Å². The van der Waals surface area contributed by atoms with Crippen LogP contribution >= 0.6 is 11.3 Å². The first-order valence-corrected chi connectivity index (χ1v) is 6.56. The molecule has 2 amide bonds. The third kappa shape index (κ3) is 2.56. The first kappa shape index (κ1) is 12.3. The van der Waals surface area contributed by atoms with Crippen molar-refractivity contribution < 1.29 is 9.59 Å². The van der Waals surface area contributed by atoms with Gasteiger partial charge in [0.05, 0.1) is 12.1 Å². The normalized spacial score (nSPS) is 19.8. The van der Waals surface area contributed by atoms with E-state index in [2.05, 4.69) is 5.32 Å². The van der Waals surface area contributed by atoms with E-state index in [9.17, 15) is 9.59 Å². The van der Waals surface area contributed by atoms with E-state index < -0.39 is 5.54 Å². The Morgan fingerprint density at radius 3 is 2.88 bits per heavy atom. The average Bonchev–Trinajstić information content (AvgIpc) is 2.77. The Kier molecular flexibility index (Phi) is 3.31. The largest absolute Gasteiger partial charge is 0.295 e. The summed E-state index contributed by atoms with van der Waals surface area (Å²) in [6.07, 6.45) is 0.733. The Labute approximate surface area is 105 Å². The van der Waals surface area contributed by atoms with Crippen molar-refractivity contribution in [3.63, 3.8) is 0 Å². The molecule has 4 nitrogen and oxygen atoms in total. The summed E-state index contributed by atoms with van der Waals surface area (Å²) in [7, 11) is 0. The molecule has 0 aromatic carbocycles. The number of rotatable bonds is 3. The minimum atomic E-state index is -0.636. The van der Waals surface area contributed by atoms with Gasteiger partial charge in [-0.3, -0.25) is 19.8 Å². The van der Waals surface area contributed by atoms with Gasteiger partial charge in [0.15, 0.2) is 0 Å². The zero-order chi connectivity index (χ0) is 12.5. The molecule has 2 rings (SSSR count). The summed E-state index contributed by atoms with van der Waals surface area (Å²) < 4.78 is 0. The van der Waals surface area contributed by atoms with Gasteiger partial charge in [-0.25, -0.2) is 0 Å². The molecule has 0 aliphatic carbocycles. The van der Waals surface area contributed by atoms with Crippen molar-refractivity contribution in [1.82, 2.24) is 10.2 Å². The van der Waals surface area contributed by atoms with E-state index >= 15 is 0 Å². The van der Waals surface area contributed by atoms with Crippen molar-refractivity contribution in [2.75, 3.05) is 13.1 Å². The smallest absolute Gasteiger partial charge is 0.248 e. The van der Waals surface area contributed by atoms with Gasteiger partial charge in [-0.05, 0) is 42.7 Å². The molecule has 5 heteroatoms. The van der Waals surface area contributed by atoms with Crippen molar-refractivity contribution in [3.05, 3.63) is 22.4 Å². The van der Waals surface area contributed by atoms with Crippen molar-refractivity contribution in [2.45, 2.75) is 25.8 Å². The summed E-state index contributed by atoms with van der Waals surface area (Å²) in [5.41, 5.74) is 0.537. The highest BCUT2D eigenvalue weighted by atomic mass is 32.1. The lowest BCUT2D eigenvalue weighted by Crippen LogP contribution is -2.63. The molecule has 1 aliphatic rings. The Hall–Kier alpha value is -1.20. The summed E-state index contributed by atoms with van der Waals surface area (Å²) in [5.74, 6) is -0.270. The van der Waals surface area contributed by atoms with Gasteiger partial charge in [0, 0.05) is 6.54 Å². The molecule has 1 aliphatic heterocycles. The molecule has 0 saturated carbocycles. The topological polar surface area (TPSA) is 49.4 Å². The molecule has 1 saturated heterocycles. The van der Waals surface area contributed by atoms with Crippen molar-refractivity contribution in [3.8, 4) is 0 Å². The lowest BCUT2D eigenvalue weighted by atomic mass is 10.00. The van der Waals surface area contributed by atoms with Crippen LogP contribution in [0, 0.1) is 0 Å². The second-order valence-electron chi connectivity index (χ2n) is 4.71. The highest BCUT2D eigenvalue weighted by molar-refractivity contribution is 7.07. The fraction of sp³-hybridized carbons (Fsp3) is 0.500. The Morgan fingerprint density at radius 1 is 1.47 bits per heavy atom. The van der Waals surface area contributed by atoms with Gasteiger partial charge in [-0.2, -0.15) is 11.3 Å². The predicted octanol–water partition coefficient (Wildman–Crippen LogP) is 1.03. The molecule has 92 valence electrons. The zero-order valence-electron chi connectivity index (χ0n) is 10.0. The van der Waals surface area contributed by atoms with Crippen LogP contribution in [0.5, 0.6) is 0 Å². The van der Waals surface area contributed by atoms with E-state index in [1.165, 1.54) is 10.5 Å². The maximum absolute atomic E-state index is 12.1. The number of piperazine rings is 1. The Bertz CT molecular complexity index is 426. The molecule has 0 bridgehead atoms. The highest BCUT2D eigenvalue weighted by Crippen LogP contribution is 2.15. The lowest BCUT2D eigenvalue weighted by molar-refractivity contribution is -0.152. The van der Waals surface area contributed by atoms with Crippen LogP contribution in [0.4, 0.5) is 0 Å². The number of hydrogen-bond donors (Lipinski definition) is 1. The van der Waals surface area contributed by atoms with Crippen LogP contribution in [-0.4, -0.2) is 35.3 Å². The van der Waals surface area contributed by atoms with E-state index in [1.807, 2.05) is 16.8 Å². The number of hydrogen-bond acceptors (Lipinski definition) is 4. The molecule has 17 heavy (non-hydrogen) atoms. The van der Waals surface area contributed by atoms with Crippen molar-refractivity contribution in [2.24, 2.45) is 0 Å². The van der Waals surface area contributed by atoms with Crippen molar-refractivity contribution >= 4 is 23.2 Å². The highest BCUT2D eigenvalue weighted by Gasteiger charge is 2.39. The van der Waals surface area contributed by atoms with Gasteiger partial charge in [-0.15, -0.1) is 0 Å². The monoisotopic (exact) mass is 252 g/mol. The summed E-state index contributed by atoms with van der Waals surface area (Å²) in [6.45, 7) is 4.32. The van der Waals surface area contributed by atoms with E-state index in [-0.39, 0.29) is 18.4 Å². The molecule has 0 atom stereocenters. The molecule has 2 heterocycles. The maximum Gasteiger partial charge on any atom is 0.248 e. The third-order valence-corrected chi connectivity index (χ3v) is 3.70. The fourth-order valence-electron chi connectivity index (χ4n) is 1.82. The average molecular weight is 252 g/mol. The van der Waals surface area contributed by atoms with Gasteiger partial charge in [-0.1, -0.05) is 0 Å². The number of carbonyl (C=O) groups is 2. The van der Waals surface area contributed by atoms with Crippen LogP contribution in [0.25, 0.3) is 0 Å². The van der Waals surface area contributed by atoms with Gasteiger partial charge in [0.1, 0.15) is 0 Å². The third-order valence-electron chi connectivity index (χ3n) is 2.97. The molecule has 0 unspecified atom stereocenters. The molecule has 1 fully saturated rings. The fourth-order valence-corrected chi connectivity index (χ4v) is 2.52. The maximum atomic E-state index is 12.1. The second-order valence-corrected chi connectivity index (χ2v) is 5.49. The van der Waals surface area contributed by atoms with Crippen LogP contribution in [0.2, 0.25) is 0 Å². The summed E-state index contributed by atoms with van der Waals surface area (Å²) >= 11 is 1.63. The Morgan fingerprint density at radius 2 is 2.24 bits per heavy atom. The lowest BCUT2D eigenvalue weighted by Gasteiger charge is -2.36. The standard InChI is InChI=1S/C12H16N2O2S/c1-12(2)11(16)14(10(15)7-13-12)5-3-9-4-6-17-8-9/h4,6,8,13H,3,5,7H2,1-2H3. The minimum absolute atomic E-state index is 0.135. The zero-order valence-corrected chi connectivity index (χ0v) is 10.8. The van der Waals surface area contributed by atoms with Crippen LogP contribution in [0.15, 0.2) is 16.8 Å². The number of imide groups is 1. The first-order chi connectivity index (χ1) is 8.00. The van der Waals surface area contributed by atoms with E-state index in [1.54, 1.807) is 25.2 Å². The molecule has 1 aromatic heterocycles. The van der Waals surface area contributed by atoms with Gasteiger partial charge in [0.2, 0.25) is 11.8 Å². The first-order valence-electron chi connectivity index (χ1n) is 5.61. The van der Waals surface area contributed by atoms with Gasteiger partial charge >= 0.3 is 0 Å². The Balaban J connectivity index is 2.03.